The number of nitrogens with one attached hydrogen (secondary N) is 2. The Morgan fingerprint density at radius 2 is 2.25 bits per heavy atom. The predicted molar refractivity (Wildman–Crippen MR) is 65.3 cm³/mol. The zero-order valence-corrected chi connectivity index (χ0v) is 10.4. The monoisotopic (exact) mass is 231 g/mol. The highest BCUT2D eigenvalue weighted by Gasteiger charge is 2.07. The summed E-state index contributed by atoms with van der Waals surface area (Å²) in [7, 11) is 1.68. The van der Waals surface area contributed by atoms with Crippen LogP contribution in [0.1, 0.15) is 26.2 Å². The molecule has 0 heterocycles. The Morgan fingerprint density at radius 1 is 1.50 bits per heavy atom. The van der Waals surface area contributed by atoms with Crippen molar-refractivity contribution >= 4 is 5.91 Å². The van der Waals surface area contributed by atoms with Gasteiger partial charge in [0.15, 0.2) is 0 Å². The van der Waals surface area contributed by atoms with Crippen molar-refractivity contribution in [2.45, 2.75) is 32.2 Å². The second-order valence-corrected chi connectivity index (χ2v) is 3.74. The third kappa shape index (κ3) is 8.64. The van der Waals surface area contributed by atoms with Gasteiger partial charge in [-0.1, -0.05) is 0 Å². The van der Waals surface area contributed by atoms with Crippen LogP contribution < -0.4 is 16.4 Å². The van der Waals surface area contributed by atoms with Gasteiger partial charge in [-0.05, 0) is 26.3 Å². The molecule has 0 fully saturated rings. The van der Waals surface area contributed by atoms with E-state index in [0.29, 0.717) is 38.7 Å². The first-order valence-corrected chi connectivity index (χ1v) is 5.93. The van der Waals surface area contributed by atoms with Crippen LogP contribution in [0.25, 0.3) is 0 Å². The molecule has 96 valence electrons. The van der Waals surface area contributed by atoms with Crippen molar-refractivity contribution in [3.8, 4) is 0 Å². The van der Waals surface area contributed by atoms with E-state index in [4.69, 9.17) is 10.5 Å². The second kappa shape index (κ2) is 10.9. The summed E-state index contributed by atoms with van der Waals surface area (Å²) in [6.07, 6.45) is 2.47. The van der Waals surface area contributed by atoms with Crippen LogP contribution in [0.3, 0.4) is 0 Å². The van der Waals surface area contributed by atoms with Crippen molar-refractivity contribution < 1.29 is 9.53 Å². The average Bonchev–Trinajstić information content (AvgIpc) is 2.26. The number of methoxy groups -OCH3 is 1. The van der Waals surface area contributed by atoms with E-state index >= 15 is 0 Å². The van der Waals surface area contributed by atoms with E-state index < -0.39 is 0 Å². The highest BCUT2D eigenvalue weighted by atomic mass is 16.5. The first kappa shape index (κ1) is 15.3. The van der Waals surface area contributed by atoms with Crippen molar-refractivity contribution in [1.29, 1.82) is 0 Å². The summed E-state index contributed by atoms with van der Waals surface area (Å²) in [6.45, 7) is 4.64. The zero-order valence-electron chi connectivity index (χ0n) is 10.4. The number of amides is 1. The molecular formula is C11H25N3O2. The molecule has 4 N–H and O–H groups in total. The summed E-state index contributed by atoms with van der Waals surface area (Å²) in [5, 5.41) is 6.07. The fourth-order valence-corrected chi connectivity index (χ4v) is 1.49. The molecule has 0 bridgehead atoms. The number of carbonyl (C=O) groups excluding carboxylic acids is 1. The largest absolute Gasteiger partial charge is 0.383 e. The maximum absolute atomic E-state index is 11.2. The Balaban J connectivity index is 3.61. The molecular weight excluding hydrogens is 206 g/mol. The Kier molecular flexibility index (Phi) is 10.4. The summed E-state index contributed by atoms with van der Waals surface area (Å²) in [5.74, 6) is 0.0880. The molecule has 0 radical (unpaired) electrons. The number of nitrogens with two attached hydrogens (primary N) is 1. The number of ether oxygens (including phenoxy) is 1. The Bertz CT molecular complexity index is 177. The first-order valence-electron chi connectivity index (χ1n) is 5.93. The molecule has 0 aliphatic rings. The lowest BCUT2D eigenvalue weighted by molar-refractivity contribution is -0.120. The normalized spacial score (nSPS) is 12.4. The van der Waals surface area contributed by atoms with Crippen LogP contribution in [-0.2, 0) is 9.53 Å². The van der Waals surface area contributed by atoms with E-state index in [1.165, 1.54) is 0 Å². The molecule has 0 aliphatic heterocycles. The van der Waals surface area contributed by atoms with Crippen molar-refractivity contribution in [1.82, 2.24) is 10.6 Å². The fraction of sp³-hybridized carbons (Fsp3) is 0.909. The van der Waals surface area contributed by atoms with Gasteiger partial charge >= 0.3 is 0 Å². The minimum absolute atomic E-state index is 0.0880. The molecule has 5 nitrogen and oxygen atoms in total. The summed E-state index contributed by atoms with van der Waals surface area (Å²) >= 11 is 0. The highest BCUT2D eigenvalue weighted by molar-refractivity contribution is 5.75. The van der Waals surface area contributed by atoms with Crippen molar-refractivity contribution in [3.63, 3.8) is 0 Å². The lowest BCUT2D eigenvalue weighted by Crippen LogP contribution is -2.36. The van der Waals surface area contributed by atoms with Crippen LogP contribution in [-0.4, -0.2) is 45.3 Å². The molecule has 16 heavy (non-hydrogen) atoms. The molecule has 1 unspecified atom stereocenters. The molecule has 0 saturated heterocycles. The second-order valence-electron chi connectivity index (χ2n) is 3.74. The number of hydrogen-bond donors (Lipinski definition) is 3. The lowest BCUT2D eigenvalue weighted by Gasteiger charge is -2.17. The molecule has 1 amide bonds. The standard InChI is InChI=1S/C11H25N3O2/c1-3-13-11(15)6-8-14-10(9-16-2)5-4-7-12/h10,14H,3-9,12H2,1-2H3,(H,13,15). The maximum Gasteiger partial charge on any atom is 0.221 e. The topological polar surface area (TPSA) is 76.4 Å². The SMILES string of the molecule is CCNC(=O)CCNC(CCCN)COC. The molecule has 0 aromatic heterocycles. The number of hydrogen-bond acceptors (Lipinski definition) is 4. The van der Waals surface area contributed by atoms with Gasteiger partial charge in [-0.3, -0.25) is 4.79 Å². The average molecular weight is 231 g/mol. The summed E-state index contributed by atoms with van der Waals surface area (Å²) in [6, 6.07) is 0.294. The van der Waals surface area contributed by atoms with Crippen LogP contribution in [0.15, 0.2) is 0 Å². The third-order valence-electron chi connectivity index (χ3n) is 2.28. The van der Waals surface area contributed by atoms with Crippen LogP contribution in [0.2, 0.25) is 0 Å². The van der Waals surface area contributed by atoms with E-state index in [-0.39, 0.29) is 5.91 Å². The van der Waals surface area contributed by atoms with Gasteiger partial charge in [0.05, 0.1) is 6.61 Å². The Labute approximate surface area is 98.1 Å². The van der Waals surface area contributed by atoms with Crippen molar-refractivity contribution in [2.75, 3.05) is 33.4 Å². The van der Waals surface area contributed by atoms with Crippen molar-refractivity contribution in [2.24, 2.45) is 5.73 Å². The van der Waals surface area contributed by atoms with Gasteiger partial charge < -0.3 is 21.1 Å². The summed E-state index contributed by atoms with van der Waals surface area (Å²) in [4.78, 5) is 11.2. The minimum Gasteiger partial charge on any atom is -0.383 e. The summed E-state index contributed by atoms with van der Waals surface area (Å²) < 4.78 is 5.10. The quantitative estimate of drug-likeness (QED) is 0.489. The van der Waals surface area contributed by atoms with E-state index in [9.17, 15) is 4.79 Å². The molecule has 0 rings (SSSR count). The van der Waals surface area contributed by atoms with E-state index in [1.54, 1.807) is 7.11 Å². The molecule has 0 aromatic rings. The van der Waals surface area contributed by atoms with Crippen LogP contribution in [0, 0.1) is 0 Å². The molecule has 0 aromatic carbocycles. The maximum atomic E-state index is 11.2. The molecule has 0 aliphatic carbocycles. The van der Waals surface area contributed by atoms with Gasteiger partial charge in [-0.25, -0.2) is 0 Å². The van der Waals surface area contributed by atoms with Crippen LogP contribution in [0.4, 0.5) is 0 Å². The number of rotatable bonds is 10. The summed E-state index contributed by atoms with van der Waals surface area (Å²) in [5.41, 5.74) is 5.46. The first-order chi connectivity index (χ1) is 7.74. The minimum atomic E-state index is 0.0880. The lowest BCUT2D eigenvalue weighted by atomic mass is 10.1. The molecule has 5 heteroatoms. The van der Waals surface area contributed by atoms with E-state index in [1.807, 2.05) is 6.92 Å². The molecule has 0 saturated carbocycles. The van der Waals surface area contributed by atoms with E-state index in [2.05, 4.69) is 10.6 Å². The van der Waals surface area contributed by atoms with Gasteiger partial charge in [-0.15, -0.1) is 0 Å². The molecule has 0 spiro atoms. The van der Waals surface area contributed by atoms with Crippen LogP contribution in [0.5, 0.6) is 0 Å². The Morgan fingerprint density at radius 3 is 2.81 bits per heavy atom. The van der Waals surface area contributed by atoms with Gasteiger partial charge in [0, 0.05) is 32.7 Å². The number of carbonyl (C=O) groups is 1. The predicted octanol–water partition coefficient (Wildman–Crippen LogP) is -0.144. The highest BCUT2D eigenvalue weighted by Crippen LogP contribution is 1.96. The van der Waals surface area contributed by atoms with E-state index in [0.717, 1.165) is 12.8 Å². The van der Waals surface area contributed by atoms with Gasteiger partial charge in [0.2, 0.25) is 5.91 Å². The zero-order chi connectivity index (χ0) is 12.2. The van der Waals surface area contributed by atoms with Gasteiger partial charge in [-0.2, -0.15) is 0 Å². The van der Waals surface area contributed by atoms with Crippen LogP contribution >= 0.6 is 0 Å². The fourth-order valence-electron chi connectivity index (χ4n) is 1.49. The van der Waals surface area contributed by atoms with Gasteiger partial charge in [0.1, 0.15) is 0 Å². The van der Waals surface area contributed by atoms with Crippen molar-refractivity contribution in [3.05, 3.63) is 0 Å². The Hall–Kier alpha value is -0.650. The smallest absolute Gasteiger partial charge is 0.221 e. The third-order valence-corrected chi connectivity index (χ3v) is 2.28. The molecule has 1 atom stereocenters. The van der Waals surface area contributed by atoms with Gasteiger partial charge in [0.25, 0.3) is 0 Å².